The minimum Gasteiger partial charge on any atom is -0.472 e. The summed E-state index contributed by atoms with van der Waals surface area (Å²) in [6.07, 6.45) is 3.26. The highest BCUT2D eigenvalue weighted by Gasteiger charge is 2.07. The van der Waals surface area contributed by atoms with Gasteiger partial charge in [0.05, 0.1) is 23.9 Å². The molecule has 0 aromatic carbocycles. The van der Waals surface area contributed by atoms with Crippen LogP contribution >= 0.6 is 11.6 Å². The highest BCUT2D eigenvalue weighted by molar-refractivity contribution is 6.28. The fraction of sp³-hybridized carbons (Fsp3) is 0.200. The van der Waals surface area contributed by atoms with Crippen LogP contribution < -0.4 is 11.1 Å². The molecule has 0 saturated carbocycles. The molecule has 0 spiro atoms. The average Bonchev–Trinajstić information content (AvgIpc) is 2.74. The number of nitrogens with two attached hydrogens (primary N) is 1. The molecule has 0 aliphatic heterocycles. The van der Waals surface area contributed by atoms with Crippen LogP contribution in [0.15, 0.2) is 23.0 Å². The summed E-state index contributed by atoms with van der Waals surface area (Å²) in [7, 11) is 0. The molecule has 0 bridgehead atoms. The van der Waals surface area contributed by atoms with E-state index in [-0.39, 0.29) is 5.28 Å². The minimum atomic E-state index is 0.182. The first-order chi connectivity index (χ1) is 7.66. The molecule has 0 aliphatic carbocycles. The van der Waals surface area contributed by atoms with Gasteiger partial charge in [0, 0.05) is 12.1 Å². The third-order valence-electron chi connectivity index (χ3n) is 2.15. The Balaban J connectivity index is 2.15. The van der Waals surface area contributed by atoms with E-state index >= 15 is 0 Å². The molecule has 3 N–H and O–H groups in total. The van der Waals surface area contributed by atoms with Gasteiger partial charge in [-0.05, 0) is 24.6 Å². The molecule has 84 valence electrons. The van der Waals surface area contributed by atoms with Crippen LogP contribution in [-0.4, -0.2) is 9.97 Å². The van der Waals surface area contributed by atoms with E-state index in [4.69, 9.17) is 21.8 Å². The second-order valence-corrected chi connectivity index (χ2v) is 3.66. The number of nitrogens with one attached hydrogen (secondary N) is 1. The first kappa shape index (κ1) is 10.8. The summed E-state index contributed by atoms with van der Waals surface area (Å²) >= 11 is 5.75. The van der Waals surface area contributed by atoms with Gasteiger partial charge in [-0.15, -0.1) is 0 Å². The SMILES string of the molecule is Cc1nc(Cl)nc(NCc2ccoc2)c1N. The van der Waals surface area contributed by atoms with Crippen molar-refractivity contribution in [3.8, 4) is 0 Å². The van der Waals surface area contributed by atoms with Gasteiger partial charge in [0.15, 0.2) is 5.82 Å². The summed E-state index contributed by atoms with van der Waals surface area (Å²) < 4.78 is 4.95. The number of aromatic nitrogens is 2. The molecule has 0 fully saturated rings. The molecule has 0 unspecified atom stereocenters. The minimum absolute atomic E-state index is 0.182. The van der Waals surface area contributed by atoms with E-state index in [0.717, 1.165) is 5.56 Å². The van der Waals surface area contributed by atoms with Crippen LogP contribution in [0.4, 0.5) is 11.5 Å². The molecule has 5 nitrogen and oxygen atoms in total. The molecule has 0 aliphatic rings. The number of furan rings is 1. The Hall–Kier alpha value is -1.75. The molecular weight excluding hydrogens is 228 g/mol. The number of hydrogen-bond donors (Lipinski definition) is 2. The van der Waals surface area contributed by atoms with Gasteiger partial charge in [-0.25, -0.2) is 4.98 Å². The fourth-order valence-electron chi connectivity index (χ4n) is 1.26. The summed E-state index contributed by atoms with van der Waals surface area (Å²) in [6, 6.07) is 1.86. The maximum Gasteiger partial charge on any atom is 0.224 e. The van der Waals surface area contributed by atoms with Crippen LogP contribution in [0.25, 0.3) is 0 Å². The number of anilines is 2. The first-order valence-corrected chi connectivity index (χ1v) is 5.09. The molecule has 2 rings (SSSR count). The summed E-state index contributed by atoms with van der Waals surface area (Å²) in [5, 5.41) is 3.26. The molecule has 6 heteroatoms. The van der Waals surface area contributed by atoms with Gasteiger partial charge in [0.25, 0.3) is 0 Å². The Labute approximate surface area is 97.6 Å². The van der Waals surface area contributed by atoms with Crippen LogP contribution in [0, 0.1) is 6.92 Å². The normalized spacial score (nSPS) is 10.4. The van der Waals surface area contributed by atoms with Crippen molar-refractivity contribution in [2.45, 2.75) is 13.5 Å². The summed E-state index contributed by atoms with van der Waals surface area (Å²) in [6.45, 7) is 2.36. The van der Waals surface area contributed by atoms with Gasteiger partial charge in [-0.3, -0.25) is 0 Å². The van der Waals surface area contributed by atoms with Crippen LogP contribution in [0.1, 0.15) is 11.3 Å². The molecule has 0 atom stereocenters. The standard InChI is InChI=1S/C10H11ClN4O/c1-6-8(12)9(15-10(11)14-6)13-4-7-2-3-16-5-7/h2-3,5H,4,12H2,1H3,(H,13,14,15). The van der Waals surface area contributed by atoms with Crippen molar-refractivity contribution < 1.29 is 4.42 Å². The lowest BCUT2D eigenvalue weighted by Crippen LogP contribution is -2.07. The summed E-state index contributed by atoms with van der Waals surface area (Å²) in [5.74, 6) is 0.540. The Morgan fingerprint density at radius 3 is 3.00 bits per heavy atom. The van der Waals surface area contributed by atoms with Crippen molar-refractivity contribution in [1.82, 2.24) is 9.97 Å². The average molecular weight is 239 g/mol. The zero-order chi connectivity index (χ0) is 11.5. The molecule has 0 amide bonds. The first-order valence-electron chi connectivity index (χ1n) is 4.71. The van der Waals surface area contributed by atoms with E-state index in [1.165, 1.54) is 0 Å². The Kier molecular flexibility index (Phi) is 2.96. The van der Waals surface area contributed by atoms with E-state index in [2.05, 4.69) is 15.3 Å². The zero-order valence-corrected chi connectivity index (χ0v) is 9.45. The third kappa shape index (κ3) is 2.25. The maximum absolute atomic E-state index is 5.82. The van der Waals surface area contributed by atoms with E-state index in [9.17, 15) is 0 Å². The Morgan fingerprint density at radius 2 is 2.31 bits per heavy atom. The lowest BCUT2D eigenvalue weighted by molar-refractivity contribution is 0.564. The second-order valence-electron chi connectivity index (χ2n) is 3.33. The number of halogens is 1. The van der Waals surface area contributed by atoms with Crippen molar-refractivity contribution >= 4 is 23.1 Å². The lowest BCUT2D eigenvalue weighted by atomic mass is 10.3. The smallest absolute Gasteiger partial charge is 0.224 e. The zero-order valence-electron chi connectivity index (χ0n) is 8.70. The van der Waals surface area contributed by atoms with E-state index in [0.29, 0.717) is 23.7 Å². The Morgan fingerprint density at radius 1 is 1.50 bits per heavy atom. The number of hydrogen-bond acceptors (Lipinski definition) is 5. The molecular formula is C10H11ClN4O. The summed E-state index contributed by atoms with van der Waals surface area (Å²) in [5.41, 5.74) is 8.00. The predicted molar refractivity (Wildman–Crippen MR) is 62.2 cm³/mol. The van der Waals surface area contributed by atoms with Crippen molar-refractivity contribution in [2.24, 2.45) is 0 Å². The number of rotatable bonds is 3. The number of aryl methyl sites for hydroxylation is 1. The van der Waals surface area contributed by atoms with Gasteiger partial charge in [0.2, 0.25) is 5.28 Å². The van der Waals surface area contributed by atoms with Crippen molar-refractivity contribution in [3.63, 3.8) is 0 Å². The van der Waals surface area contributed by atoms with Crippen molar-refractivity contribution in [1.29, 1.82) is 0 Å². The second kappa shape index (κ2) is 4.40. The van der Waals surface area contributed by atoms with Gasteiger partial charge in [-0.2, -0.15) is 4.98 Å². The largest absolute Gasteiger partial charge is 0.472 e. The quantitative estimate of drug-likeness (QED) is 0.802. The Bertz CT molecular complexity index is 484. The van der Waals surface area contributed by atoms with Gasteiger partial charge in [-0.1, -0.05) is 0 Å². The fourth-order valence-corrected chi connectivity index (χ4v) is 1.47. The molecule has 2 aromatic rings. The number of nitrogen functional groups attached to an aromatic ring is 1. The molecule has 16 heavy (non-hydrogen) atoms. The van der Waals surface area contributed by atoms with Crippen molar-refractivity contribution in [2.75, 3.05) is 11.1 Å². The van der Waals surface area contributed by atoms with Crippen LogP contribution in [-0.2, 0) is 6.54 Å². The maximum atomic E-state index is 5.82. The van der Waals surface area contributed by atoms with Gasteiger partial charge in [0.1, 0.15) is 0 Å². The van der Waals surface area contributed by atoms with Gasteiger partial charge < -0.3 is 15.5 Å². The van der Waals surface area contributed by atoms with Crippen molar-refractivity contribution in [3.05, 3.63) is 35.1 Å². The molecule has 0 radical (unpaired) electrons. The van der Waals surface area contributed by atoms with E-state index in [1.807, 2.05) is 6.07 Å². The highest BCUT2D eigenvalue weighted by Crippen LogP contribution is 2.21. The highest BCUT2D eigenvalue weighted by atomic mass is 35.5. The van der Waals surface area contributed by atoms with Crippen LogP contribution in [0.2, 0.25) is 5.28 Å². The topological polar surface area (TPSA) is 77.0 Å². The monoisotopic (exact) mass is 238 g/mol. The third-order valence-corrected chi connectivity index (χ3v) is 2.32. The van der Waals surface area contributed by atoms with Gasteiger partial charge >= 0.3 is 0 Å². The molecule has 0 saturated heterocycles. The van der Waals surface area contributed by atoms with E-state index in [1.54, 1.807) is 19.5 Å². The van der Waals surface area contributed by atoms with Crippen LogP contribution in [0.5, 0.6) is 0 Å². The lowest BCUT2D eigenvalue weighted by Gasteiger charge is -2.08. The predicted octanol–water partition coefficient (Wildman–Crippen LogP) is 2.23. The molecule has 2 heterocycles. The molecule has 2 aromatic heterocycles. The summed E-state index contributed by atoms with van der Waals surface area (Å²) in [4.78, 5) is 7.97. The van der Waals surface area contributed by atoms with Crippen LogP contribution in [0.3, 0.4) is 0 Å². The van der Waals surface area contributed by atoms with E-state index < -0.39 is 0 Å². The number of nitrogens with zero attached hydrogens (tertiary/aromatic N) is 2.